The molecular weight excluding hydrogens is 208 g/mol. The second-order valence-corrected chi connectivity index (χ2v) is 2.40. The SMILES string of the molecule is [2H]c1nc([2H])c(C(=O)NC([2H])([2H])[2H])c(Br)c1[2H]. The molecule has 1 heterocycles. The largest absolute Gasteiger partial charge is 0.355 e. The van der Waals surface area contributed by atoms with Gasteiger partial charge in [0.25, 0.3) is 5.91 Å². The molecule has 1 aromatic rings. The monoisotopic (exact) mass is 220 g/mol. The van der Waals surface area contributed by atoms with Crippen molar-refractivity contribution in [3.8, 4) is 0 Å². The standard InChI is InChI=1S/C7H7BrN2O/c1-9-7(11)5-4-10-3-2-6(5)8/h2-4H,1H3,(H,9,11)/i1D3,2D,3D,4D. The summed E-state index contributed by atoms with van der Waals surface area (Å²) in [5.41, 5.74) is -0.373. The highest BCUT2D eigenvalue weighted by molar-refractivity contribution is 9.10. The summed E-state index contributed by atoms with van der Waals surface area (Å²) in [5, 5.41) is 1.69. The van der Waals surface area contributed by atoms with Crippen LogP contribution in [0.5, 0.6) is 0 Å². The maximum Gasteiger partial charge on any atom is 0.253 e. The molecule has 0 bridgehead atoms. The third kappa shape index (κ3) is 1.77. The van der Waals surface area contributed by atoms with Crippen LogP contribution in [-0.2, 0) is 0 Å². The van der Waals surface area contributed by atoms with Crippen molar-refractivity contribution in [3.63, 3.8) is 0 Å². The van der Waals surface area contributed by atoms with Crippen molar-refractivity contribution in [2.75, 3.05) is 6.98 Å². The summed E-state index contributed by atoms with van der Waals surface area (Å²) in [6, 6.07) is -0.378. The lowest BCUT2D eigenvalue weighted by atomic mass is 10.3. The third-order valence-electron chi connectivity index (χ3n) is 0.949. The van der Waals surface area contributed by atoms with E-state index in [0.717, 1.165) is 0 Å². The van der Waals surface area contributed by atoms with Gasteiger partial charge >= 0.3 is 0 Å². The third-order valence-corrected chi connectivity index (χ3v) is 1.54. The number of amides is 1. The Morgan fingerprint density at radius 3 is 3.55 bits per heavy atom. The van der Waals surface area contributed by atoms with E-state index in [-0.39, 0.29) is 16.1 Å². The highest BCUT2D eigenvalue weighted by Gasteiger charge is 2.05. The number of carbonyl (C=O) groups excluding carboxylic acids is 1. The lowest BCUT2D eigenvalue weighted by Crippen LogP contribution is -2.18. The van der Waals surface area contributed by atoms with Crippen molar-refractivity contribution in [2.45, 2.75) is 0 Å². The Labute approximate surface area is 81.4 Å². The number of aromatic nitrogens is 1. The van der Waals surface area contributed by atoms with Crippen molar-refractivity contribution < 1.29 is 13.0 Å². The summed E-state index contributed by atoms with van der Waals surface area (Å²) in [5.74, 6) is -1.04. The van der Waals surface area contributed by atoms with Gasteiger partial charge in [-0.3, -0.25) is 9.78 Å². The molecule has 0 aromatic carbocycles. The van der Waals surface area contributed by atoms with E-state index in [2.05, 4.69) is 20.9 Å². The van der Waals surface area contributed by atoms with E-state index < -0.39 is 25.2 Å². The van der Waals surface area contributed by atoms with Gasteiger partial charge in [-0.2, -0.15) is 0 Å². The minimum Gasteiger partial charge on any atom is -0.355 e. The maximum absolute atomic E-state index is 11.6. The normalized spacial score (nSPS) is 18.3. The Morgan fingerprint density at radius 1 is 2.00 bits per heavy atom. The van der Waals surface area contributed by atoms with Gasteiger partial charge in [0.05, 0.1) is 9.68 Å². The van der Waals surface area contributed by atoms with Gasteiger partial charge in [-0.1, -0.05) is 0 Å². The van der Waals surface area contributed by atoms with E-state index in [1.165, 1.54) is 0 Å². The molecule has 0 aliphatic carbocycles. The van der Waals surface area contributed by atoms with Crippen LogP contribution in [0, 0.1) is 0 Å². The van der Waals surface area contributed by atoms with Gasteiger partial charge in [0.1, 0.15) is 0 Å². The second kappa shape index (κ2) is 3.48. The van der Waals surface area contributed by atoms with Crippen LogP contribution < -0.4 is 5.32 Å². The molecule has 0 aliphatic rings. The fourth-order valence-corrected chi connectivity index (χ4v) is 0.843. The highest BCUT2D eigenvalue weighted by Crippen LogP contribution is 2.13. The maximum atomic E-state index is 11.6. The van der Waals surface area contributed by atoms with Crippen molar-refractivity contribution in [2.24, 2.45) is 0 Å². The summed E-state index contributed by atoms with van der Waals surface area (Å²) in [6.07, 6.45) is -1.02. The summed E-state index contributed by atoms with van der Waals surface area (Å²) in [4.78, 5) is 14.9. The van der Waals surface area contributed by atoms with Crippen molar-refractivity contribution in [1.29, 1.82) is 0 Å². The zero-order valence-electron chi connectivity index (χ0n) is 11.2. The van der Waals surface area contributed by atoms with Crippen molar-refractivity contribution >= 4 is 21.8 Å². The van der Waals surface area contributed by atoms with Crippen LogP contribution >= 0.6 is 15.9 Å². The number of rotatable bonds is 1. The first-order valence-electron chi connectivity index (χ1n) is 5.59. The fraction of sp³-hybridized carbons (Fsp3) is 0.143. The first-order valence-corrected chi connectivity index (χ1v) is 3.38. The molecule has 0 aliphatic heterocycles. The van der Waals surface area contributed by atoms with Gasteiger partial charge in [0.15, 0.2) is 0 Å². The van der Waals surface area contributed by atoms with E-state index >= 15 is 0 Å². The number of carbonyl (C=O) groups is 1. The Hall–Kier alpha value is -0.900. The first-order chi connectivity index (χ1) is 7.63. The molecule has 3 nitrogen and oxygen atoms in total. The Balaban J connectivity index is 3.24. The van der Waals surface area contributed by atoms with Crippen molar-refractivity contribution in [3.05, 3.63) is 28.4 Å². The number of hydrogen-bond donors (Lipinski definition) is 1. The molecule has 0 saturated heterocycles. The molecule has 11 heavy (non-hydrogen) atoms. The van der Waals surface area contributed by atoms with Crippen molar-refractivity contribution in [1.82, 2.24) is 10.3 Å². The zero-order valence-corrected chi connectivity index (χ0v) is 6.82. The summed E-state index contributed by atoms with van der Waals surface area (Å²) < 4.78 is 42.5. The van der Waals surface area contributed by atoms with Gasteiger partial charge in [-0.25, -0.2) is 0 Å². The highest BCUT2D eigenvalue weighted by atomic mass is 79.9. The van der Waals surface area contributed by atoms with E-state index in [9.17, 15) is 4.79 Å². The zero-order chi connectivity index (χ0) is 13.4. The van der Waals surface area contributed by atoms with Crippen LogP contribution in [0.2, 0.25) is 0 Å². The molecule has 0 unspecified atom stereocenters. The minimum absolute atomic E-state index is 0.121. The number of pyridine rings is 1. The van der Waals surface area contributed by atoms with E-state index in [1.54, 1.807) is 5.32 Å². The molecule has 0 spiro atoms. The fourth-order valence-electron chi connectivity index (χ4n) is 0.485. The molecular formula is C7H7BrN2O. The van der Waals surface area contributed by atoms with Crippen LogP contribution in [0.25, 0.3) is 0 Å². The molecule has 1 aromatic heterocycles. The van der Waals surface area contributed by atoms with Gasteiger partial charge in [-0.15, -0.1) is 0 Å². The first kappa shape index (κ1) is 3.23. The number of nitrogens with one attached hydrogen (secondary N) is 1. The lowest BCUT2D eigenvalue weighted by Gasteiger charge is -1.99. The molecule has 0 atom stereocenters. The van der Waals surface area contributed by atoms with Gasteiger partial charge in [0.2, 0.25) is 0 Å². The summed E-state index contributed by atoms with van der Waals surface area (Å²) in [7, 11) is 0. The number of nitrogens with zero attached hydrogens (tertiary/aromatic N) is 1. The second-order valence-electron chi connectivity index (χ2n) is 1.60. The Morgan fingerprint density at radius 2 is 2.82 bits per heavy atom. The predicted molar refractivity (Wildman–Crippen MR) is 45.3 cm³/mol. The summed E-state index contributed by atoms with van der Waals surface area (Å²) >= 11 is 2.88. The Kier molecular flexibility index (Phi) is 1.02. The van der Waals surface area contributed by atoms with Crippen LogP contribution in [-0.4, -0.2) is 17.9 Å². The molecule has 0 fully saturated rings. The predicted octanol–water partition coefficient (Wildman–Crippen LogP) is 1.20. The molecule has 1 rings (SSSR count). The lowest BCUT2D eigenvalue weighted by molar-refractivity contribution is 0.0962. The molecule has 0 saturated carbocycles. The van der Waals surface area contributed by atoms with Gasteiger partial charge < -0.3 is 5.32 Å². The Bertz CT molecular complexity index is 474. The van der Waals surface area contributed by atoms with E-state index in [1.807, 2.05) is 0 Å². The number of halogens is 1. The van der Waals surface area contributed by atoms with Crippen LogP contribution in [0.3, 0.4) is 0 Å². The average Bonchev–Trinajstić information content (AvgIpc) is 2.11. The molecule has 1 N–H and O–H groups in total. The van der Waals surface area contributed by atoms with E-state index in [4.69, 9.17) is 8.22 Å². The quantitative estimate of drug-likeness (QED) is 0.774. The molecule has 58 valence electrons. The van der Waals surface area contributed by atoms with E-state index in [0.29, 0.717) is 0 Å². The average molecular weight is 221 g/mol. The van der Waals surface area contributed by atoms with Gasteiger partial charge in [0, 0.05) is 27.9 Å². The minimum atomic E-state index is -2.69. The van der Waals surface area contributed by atoms with Crippen LogP contribution in [0.15, 0.2) is 22.9 Å². The molecule has 1 amide bonds. The van der Waals surface area contributed by atoms with Crippen LogP contribution in [0.1, 0.15) is 18.6 Å². The van der Waals surface area contributed by atoms with Crippen LogP contribution in [0.4, 0.5) is 0 Å². The topological polar surface area (TPSA) is 42.0 Å². The summed E-state index contributed by atoms with van der Waals surface area (Å²) in [6.45, 7) is -2.69. The van der Waals surface area contributed by atoms with Gasteiger partial charge in [-0.05, 0) is 22.0 Å². The molecule has 4 heteroatoms. The number of hydrogen-bond acceptors (Lipinski definition) is 2. The smallest absolute Gasteiger partial charge is 0.253 e. The molecule has 0 radical (unpaired) electrons.